The number of aliphatic imine (C=N–C) groups is 1. The molecule has 2 N–H and O–H groups in total. The van der Waals surface area contributed by atoms with Crippen LogP contribution in [0.3, 0.4) is 0 Å². The van der Waals surface area contributed by atoms with E-state index in [0.29, 0.717) is 5.17 Å². The highest BCUT2D eigenvalue weighted by atomic mass is 32.2. The number of hydrogen-bond donors (Lipinski definition) is 2. The molecule has 0 bridgehead atoms. The molecule has 0 saturated carbocycles. The first kappa shape index (κ1) is 12.4. The summed E-state index contributed by atoms with van der Waals surface area (Å²) in [7, 11) is 0. The van der Waals surface area contributed by atoms with Gasteiger partial charge in [0.05, 0.1) is 5.69 Å². The van der Waals surface area contributed by atoms with Crippen LogP contribution in [0, 0.1) is 25.3 Å². The maximum absolute atomic E-state index is 9.50. The van der Waals surface area contributed by atoms with Crippen molar-refractivity contribution in [3.8, 4) is 11.9 Å². The molecule has 1 aromatic rings. The van der Waals surface area contributed by atoms with Crippen LogP contribution in [0.4, 0.5) is 5.69 Å². The summed E-state index contributed by atoms with van der Waals surface area (Å²) in [6, 6.07) is 3.33. The molecule has 0 atom stereocenters. The summed E-state index contributed by atoms with van der Waals surface area (Å²) < 4.78 is 0. The van der Waals surface area contributed by atoms with Gasteiger partial charge in [-0.3, -0.25) is 5.32 Å². The summed E-state index contributed by atoms with van der Waals surface area (Å²) in [5.74, 6) is 0.260. The standard InChI is InChI=1S/C11H13N3OS/c1-7-8(2)10(15)5-4-9(7)14-11(16-3)13-6-12/h4-5,15H,1-3H3,(H,13,14). The molecule has 0 heterocycles. The highest BCUT2D eigenvalue weighted by molar-refractivity contribution is 8.13. The van der Waals surface area contributed by atoms with E-state index >= 15 is 0 Å². The second-order valence-corrected chi connectivity index (χ2v) is 4.01. The third kappa shape index (κ3) is 2.67. The minimum absolute atomic E-state index is 0.260. The molecule has 0 amide bonds. The van der Waals surface area contributed by atoms with Crippen molar-refractivity contribution in [1.29, 1.82) is 5.26 Å². The SMILES string of the molecule is CSC(=Nc1ccc(O)c(C)c1C)NC#N. The smallest absolute Gasteiger partial charge is 0.183 e. The summed E-state index contributed by atoms with van der Waals surface area (Å²) in [4.78, 5) is 4.30. The second kappa shape index (κ2) is 5.42. The van der Waals surface area contributed by atoms with Gasteiger partial charge in [0.2, 0.25) is 0 Å². The third-order valence-corrected chi connectivity index (χ3v) is 2.89. The summed E-state index contributed by atoms with van der Waals surface area (Å²) in [5.41, 5.74) is 2.47. The second-order valence-electron chi connectivity index (χ2n) is 3.21. The van der Waals surface area contributed by atoms with Crippen molar-refractivity contribution in [3.63, 3.8) is 0 Å². The molecule has 5 heteroatoms. The lowest BCUT2D eigenvalue weighted by Crippen LogP contribution is -2.12. The number of phenolic OH excluding ortho intramolecular Hbond substituents is 1. The summed E-state index contributed by atoms with van der Waals surface area (Å²) in [5, 5.41) is 21.1. The molecule has 0 aliphatic carbocycles. The average molecular weight is 235 g/mol. The third-order valence-electron chi connectivity index (χ3n) is 2.31. The van der Waals surface area contributed by atoms with Gasteiger partial charge in [0.1, 0.15) is 5.75 Å². The van der Waals surface area contributed by atoms with Crippen molar-refractivity contribution in [3.05, 3.63) is 23.3 Å². The normalized spacial score (nSPS) is 11.0. The van der Waals surface area contributed by atoms with Crippen molar-refractivity contribution in [2.45, 2.75) is 13.8 Å². The van der Waals surface area contributed by atoms with E-state index in [9.17, 15) is 5.11 Å². The summed E-state index contributed by atoms with van der Waals surface area (Å²) in [6.07, 6.45) is 3.67. The zero-order valence-corrected chi connectivity index (χ0v) is 10.2. The van der Waals surface area contributed by atoms with E-state index in [0.717, 1.165) is 16.8 Å². The number of thioether (sulfide) groups is 1. The predicted octanol–water partition coefficient (Wildman–Crippen LogP) is 2.43. The fourth-order valence-corrected chi connectivity index (χ4v) is 1.53. The molecule has 0 aromatic heterocycles. The molecule has 84 valence electrons. The summed E-state index contributed by atoms with van der Waals surface area (Å²) in [6.45, 7) is 3.72. The predicted molar refractivity (Wildman–Crippen MR) is 66.9 cm³/mol. The van der Waals surface area contributed by atoms with E-state index in [2.05, 4.69) is 10.3 Å². The Bertz CT molecular complexity index is 463. The number of phenols is 1. The number of nitrogens with one attached hydrogen (secondary N) is 1. The van der Waals surface area contributed by atoms with Gasteiger partial charge in [0.25, 0.3) is 0 Å². The van der Waals surface area contributed by atoms with Crippen molar-refractivity contribution >= 4 is 22.6 Å². The van der Waals surface area contributed by atoms with Gasteiger partial charge in [-0.25, -0.2) is 4.99 Å². The van der Waals surface area contributed by atoms with Crippen molar-refractivity contribution in [1.82, 2.24) is 5.32 Å². The fourth-order valence-electron chi connectivity index (χ4n) is 1.20. The Morgan fingerprint density at radius 2 is 2.12 bits per heavy atom. The van der Waals surface area contributed by atoms with Gasteiger partial charge in [-0.2, -0.15) is 5.26 Å². The van der Waals surface area contributed by atoms with Gasteiger partial charge < -0.3 is 5.11 Å². The monoisotopic (exact) mass is 235 g/mol. The number of rotatable bonds is 1. The van der Waals surface area contributed by atoms with Crippen LogP contribution in [-0.2, 0) is 0 Å². The highest BCUT2D eigenvalue weighted by Crippen LogP contribution is 2.28. The van der Waals surface area contributed by atoms with Crippen LogP contribution in [0.15, 0.2) is 17.1 Å². The lowest BCUT2D eigenvalue weighted by molar-refractivity contribution is 0.470. The van der Waals surface area contributed by atoms with Crippen LogP contribution >= 0.6 is 11.8 Å². The van der Waals surface area contributed by atoms with Gasteiger partial charge in [-0.15, -0.1) is 0 Å². The Balaban J connectivity index is 3.15. The highest BCUT2D eigenvalue weighted by Gasteiger charge is 2.05. The van der Waals surface area contributed by atoms with Gasteiger partial charge in [-0.1, -0.05) is 11.8 Å². The summed E-state index contributed by atoms with van der Waals surface area (Å²) >= 11 is 1.36. The number of amidine groups is 1. The minimum Gasteiger partial charge on any atom is -0.508 e. The maximum atomic E-state index is 9.50. The molecule has 0 saturated heterocycles. The van der Waals surface area contributed by atoms with E-state index in [4.69, 9.17) is 5.26 Å². The lowest BCUT2D eigenvalue weighted by atomic mass is 10.1. The Hall–Kier alpha value is -1.67. The fraction of sp³-hybridized carbons (Fsp3) is 0.273. The van der Waals surface area contributed by atoms with Gasteiger partial charge in [0.15, 0.2) is 11.4 Å². The number of aromatic hydroxyl groups is 1. The number of hydrogen-bond acceptors (Lipinski definition) is 4. The molecule has 0 fully saturated rings. The quantitative estimate of drug-likeness (QED) is 0.339. The molecule has 0 spiro atoms. The molecule has 1 rings (SSSR count). The molecule has 16 heavy (non-hydrogen) atoms. The van der Waals surface area contributed by atoms with Crippen molar-refractivity contribution in [2.75, 3.05) is 6.26 Å². The first-order chi connectivity index (χ1) is 7.60. The molecule has 0 aliphatic rings. The lowest BCUT2D eigenvalue weighted by Gasteiger charge is -2.07. The van der Waals surface area contributed by atoms with E-state index < -0.39 is 0 Å². The molecular weight excluding hydrogens is 222 g/mol. The minimum atomic E-state index is 0.260. The molecular formula is C11H13N3OS. The Kier molecular flexibility index (Phi) is 4.20. The van der Waals surface area contributed by atoms with Crippen LogP contribution in [0.25, 0.3) is 0 Å². The largest absolute Gasteiger partial charge is 0.508 e. The average Bonchev–Trinajstić information content (AvgIpc) is 2.29. The number of nitriles is 1. The van der Waals surface area contributed by atoms with Crippen LogP contribution in [0.5, 0.6) is 5.75 Å². The molecule has 0 aliphatic heterocycles. The van der Waals surface area contributed by atoms with Crippen LogP contribution in [0.1, 0.15) is 11.1 Å². The van der Waals surface area contributed by atoms with Gasteiger partial charge >= 0.3 is 0 Å². The van der Waals surface area contributed by atoms with Crippen molar-refractivity contribution in [2.24, 2.45) is 4.99 Å². The van der Waals surface area contributed by atoms with Crippen LogP contribution < -0.4 is 5.32 Å². The van der Waals surface area contributed by atoms with E-state index in [1.807, 2.05) is 26.3 Å². The molecule has 0 radical (unpaired) electrons. The first-order valence-electron chi connectivity index (χ1n) is 4.67. The van der Waals surface area contributed by atoms with Crippen LogP contribution in [-0.4, -0.2) is 16.5 Å². The topological polar surface area (TPSA) is 68.4 Å². The molecule has 1 aromatic carbocycles. The van der Waals surface area contributed by atoms with E-state index in [1.165, 1.54) is 11.8 Å². The zero-order chi connectivity index (χ0) is 12.1. The van der Waals surface area contributed by atoms with E-state index in [1.54, 1.807) is 12.1 Å². The number of benzene rings is 1. The molecule has 0 unspecified atom stereocenters. The zero-order valence-electron chi connectivity index (χ0n) is 9.40. The van der Waals surface area contributed by atoms with Crippen molar-refractivity contribution < 1.29 is 5.11 Å². The van der Waals surface area contributed by atoms with Gasteiger partial charge in [0, 0.05) is 0 Å². The maximum Gasteiger partial charge on any atom is 0.183 e. The Morgan fingerprint density at radius 1 is 1.44 bits per heavy atom. The Labute approximate surface area is 99.0 Å². The first-order valence-corrected chi connectivity index (χ1v) is 5.89. The van der Waals surface area contributed by atoms with E-state index in [-0.39, 0.29) is 5.75 Å². The molecule has 4 nitrogen and oxygen atoms in total. The number of nitrogens with zero attached hydrogens (tertiary/aromatic N) is 2. The van der Waals surface area contributed by atoms with Crippen LogP contribution in [0.2, 0.25) is 0 Å². The Morgan fingerprint density at radius 3 is 2.69 bits per heavy atom. The van der Waals surface area contributed by atoms with Gasteiger partial charge in [-0.05, 0) is 43.4 Å².